The minimum absolute atomic E-state index is 0.0860. The summed E-state index contributed by atoms with van der Waals surface area (Å²) in [5.41, 5.74) is 6.08. The first-order valence-electron chi connectivity index (χ1n) is 4.91. The summed E-state index contributed by atoms with van der Waals surface area (Å²) in [6, 6.07) is 0. The van der Waals surface area contributed by atoms with E-state index in [0.29, 0.717) is 17.7 Å². The zero-order valence-corrected chi connectivity index (χ0v) is 9.14. The molecule has 1 unspecified atom stereocenters. The number of nitrogens with one attached hydrogen (secondary N) is 1. The molecule has 1 atom stereocenters. The largest absolute Gasteiger partial charge is 0.390 e. The van der Waals surface area contributed by atoms with Crippen molar-refractivity contribution >= 4 is 17.1 Å². The summed E-state index contributed by atoms with van der Waals surface area (Å²) in [7, 11) is 1.77. The highest BCUT2D eigenvalue weighted by atomic mass is 16.3. The maximum absolute atomic E-state index is 11.7. The summed E-state index contributed by atoms with van der Waals surface area (Å²) in [5.74, 6) is 0.0860. The number of fused-ring (bicyclic) bond motifs is 1. The number of aromatic amines is 1. The standard InChI is InChI=1S/C9H13N5O2/c1-5(15)3-14-4-13(2)7-6(14)8(16)12-9(10)11-7/h4-5,15H,3H2,1-2H3,(H2-,10,11,12,16)/p+1. The summed E-state index contributed by atoms with van der Waals surface area (Å²) in [4.78, 5) is 18.2. The lowest BCUT2D eigenvalue weighted by atomic mass is 10.4. The number of nitrogens with two attached hydrogens (primary N) is 1. The van der Waals surface area contributed by atoms with Crippen molar-refractivity contribution in [1.29, 1.82) is 0 Å². The number of anilines is 1. The van der Waals surface area contributed by atoms with Crippen LogP contribution in [0.1, 0.15) is 6.92 Å². The Morgan fingerprint density at radius 1 is 1.75 bits per heavy atom. The Morgan fingerprint density at radius 2 is 2.44 bits per heavy atom. The maximum atomic E-state index is 11.7. The smallest absolute Gasteiger partial charge is 0.311 e. The van der Waals surface area contributed by atoms with E-state index >= 15 is 0 Å². The van der Waals surface area contributed by atoms with Gasteiger partial charge in [-0.25, -0.2) is 4.57 Å². The van der Waals surface area contributed by atoms with Crippen molar-refractivity contribution in [3.8, 4) is 0 Å². The molecule has 2 heterocycles. The van der Waals surface area contributed by atoms with Gasteiger partial charge in [0.1, 0.15) is 0 Å². The molecule has 0 radical (unpaired) electrons. The molecule has 7 nitrogen and oxygen atoms in total. The van der Waals surface area contributed by atoms with Gasteiger partial charge in [0.2, 0.25) is 5.52 Å². The van der Waals surface area contributed by atoms with E-state index in [9.17, 15) is 9.90 Å². The van der Waals surface area contributed by atoms with Crippen LogP contribution in [0.3, 0.4) is 0 Å². The first-order chi connectivity index (χ1) is 7.49. The van der Waals surface area contributed by atoms with Crippen LogP contribution in [0.25, 0.3) is 11.2 Å². The lowest BCUT2D eigenvalue weighted by molar-refractivity contribution is -0.647. The molecule has 0 aliphatic rings. The zero-order valence-electron chi connectivity index (χ0n) is 9.14. The molecular weight excluding hydrogens is 210 g/mol. The van der Waals surface area contributed by atoms with E-state index in [1.54, 1.807) is 29.4 Å². The van der Waals surface area contributed by atoms with Crippen LogP contribution >= 0.6 is 0 Å². The summed E-state index contributed by atoms with van der Waals surface area (Å²) < 4.78 is 3.36. The fourth-order valence-electron chi connectivity index (χ4n) is 1.72. The Morgan fingerprint density at radius 3 is 3.06 bits per heavy atom. The number of aliphatic hydroxyl groups is 1. The number of H-pyrrole nitrogens is 1. The number of aromatic nitrogens is 4. The average molecular weight is 224 g/mol. The maximum Gasteiger partial charge on any atom is 0.311 e. The minimum atomic E-state index is -0.535. The van der Waals surface area contributed by atoms with Gasteiger partial charge in [-0.3, -0.25) is 14.3 Å². The van der Waals surface area contributed by atoms with E-state index in [0.717, 1.165) is 0 Å². The molecule has 16 heavy (non-hydrogen) atoms. The van der Waals surface area contributed by atoms with Crippen molar-refractivity contribution in [3.05, 3.63) is 16.7 Å². The molecule has 0 bridgehead atoms. The van der Waals surface area contributed by atoms with Gasteiger partial charge in [-0.05, 0) is 6.92 Å². The van der Waals surface area contributed by atoms with Gasteiger partial charge >= 0.3 is 5.65 Å². The van der Waals surface area contributed by atoms with Crippen LogP contribution in [0.4, 0.5) is 5.95 Å². The number of nitrogen functional groups attached to an aromatic ring is 1. The van der Waals surface area contributed by atoms with Gasteiger partial charge in [-0.1, -0.05) is 4.98 Å². The number of hydrogen-bond donors (Lipinski definition) is 3. The fraction of sp³-hybridized carbons (Fsp3) is 0.444. The Kier molecular flexibility index (Phi) is 2.39. The third-order valence-electron chi connectivity index (χ3n) is 2.29. The number of aryl methyl sites for hydroxylation is 1. The van der Waals surface area contributed by atoms with Gasteiger partial charge in [-0.15, -0.1) is 0 Å². The normalized spacial score (nSPS) is 13.2. The average Bonchev–Trinajstić information content (AvgIpc) is 2.42. The summed E-state index contributed by atoms with van der Waals surface area (Å²) in [5, 5.41) is 9.33. The van der Waals surface area contributed by atoms with E-state index < -0.39 is 6.10 Å². The Bertz CT molecular complexity index is 583. The molecule has 0 aromatic carbocycles. The van der Waals surface area contributed by atoms with Crippen molar-refractivity contribution in [3.63, 3.8) is 0 Å². The zero-order chi connectivity index (χ0) is 11.9. The second-order valence-corrected chi connectivity index (χ2v) is 3.85. The molecule has 7 heteroatoms. The Hall–Kier alpha value is -1.89. The van der Waals surface area contributed by atoms with Gasteiger partial charge in [0.05, 0.1) is 19.7 Å². The summed E-state index contributed by atoms with van der Waals surface area (Å²) in [6.45, 7) is 2.00. The van der Waals surface area contributed by atoms with Crippen molar-refractivity contribution in [2.75, 3.05) is 5.73 Å². The third-order valence-corrected chi connectivity index (χ3v) is 2.29. The molecule has 0 aliphatic heterocycles. The number of nitrogens with zero attached hydrogens (tertiary/aromatic N) is 3. The SMILES string of the molecule is CC(O)Cn1c[n+](C)c2nc(N)[nH]c(=O)c21. The topological polar surface area (TPSA) is 101 Å². The highest BCUT2D eigenvalue weighted by Gasteiger charge is 2.19. The highest BCUT2D eigenvalue weighted by molar-refractivity contribution is 5.67. The second-order valence-electron chi connectivity index (χ2n) is 3.85. The molecular formula is C9H14N5O2+. The number of rotatable bonds is 2. The second kappa shape index (κ2) is 3.60. The van der Waals surface area contributed by atoms with Crippen LogP contribution in [0, 0.1) is 0 Å². The summed E-state index contributed by atoms with van der Waals surface area (Å²) in [6.07, 6.45) is 1.17. The predicted octanol–water partition coefficient (Wildman–Crippen LogP) is -1.49. The van der Waals surface area contributed by atoms with E-state index in [1.165, 1.54) is 0 Å². The molecule has 0 aliphatic carbocycles. The predicted molar refractivity (Wildman–Crippen MR) is 57.6 cm³/mol. The van der Waals surface area contributed by atoms with Crippen molar-refractivity contribution in [2.45, 2.75) is 19.6 Å². The molecule has 2 rings (SSSR count). The number of aliphatic hydroxyl groups excluding tert-OH is 1. The van der Waals surface area contributed by atoms with E-state index in [-0.39, 0.29) is 11.5 Å². The van der Waals surface area contributed by atoms with Crippen LogP contribution in [0.2, 0.25) is 0 Å². The van der Waals surface area contributed by atoms with Crippen molar-refractivity contribution in [1.82, 2.24) is 14.5 Å². The van der Waals surface area contributed by atoms with Crippen LogP contribution in [0.15, 0.2) is 11.1 Å². The van der Waals surface area contributed by atoms with Crippen LogP contribution in [0.5, 0.6) is 0 Å². The fourth-order valence-corrected chi connectivity index (χ4v) is 1.72. The molecule has 0 amide bonds. The third kappa shape index (κ3) is 1.65. The molecule has 0 saturated carbocycles. The van der Waals surface area contributed by atoms with E-state index in [1.807, 2.05) is 0 Å². The molecule has 2 aromatic rings. The molecule has 0 saturated heterocycles. The molecule has 0 spiro atoms. The molecule has 86 valence electrons. The Labute approximate surface area is 91.2 Å². The minimum Gasteiger partial charge on any atom is -0.390 e. The van der Waals surface area contributed by atoms with Gasteiger partial charge in [0.25, 0.3) is 11.5 Å². The number of imidazole rings is 1. The Balaban J connectivity index is 2.73. The van der Waals surface area contributed by atoms with E-state index in [4.69, 9.17) is 5.73 Å². The van der Waals surface area contributed by atoms with Crippen LogP contribution < -0.4 is 15.9 Å². The lowest BCUT2D eigenvalue weighted by Crippen LogP contribution is -2.27. The van der Waals surface area contributed by atoms with Gasteiger partial charge < -0.3 is 10.8 Å². The monoisotopic (exact) mass is 224 g/mol. The summed E-state index contributed by atoms with van der Waals surface area (Å²) >= 11 is 0. The first-order valence-corrected chi connectivity index (χ1v) is 4.91. The van der Waals surface area contributed by atoms with Crippen molar-refractivity contribution < 1.29 is 9.67 Å². The number of hydrogen-bond acceptors (Lipinski definition) is 4. The van der Waals surface area contributed by atoms with Gasteiger partial charge in [-0.2, -0.15) is 0 Å². The lowest BCUT2D eigenvalue weighted by Gasteiger charge is -2.00. The van der Waals surface area contributed by atoms with Crippen molar-refractivity contribution in [2.24, 2.45) is 7.05 Å². The van der Waals surface area contributed by atoms with E-state index in [2.05, 4.69) is 9.97 Å². The van der Waals surface area contributed by atoms with Gasteiger partial charge in [0.15, 0.2) is 6.33 Å². The quantitative estimate of drug-likeness (QED) is 0.541. The highest BCUT2D eigenvalue weighted by Crippen LogP contribution is 2.04. The van der Waals surface area contributed by atoms with Gasteiger partial charge in [0, 0.05) is 0 Å². The molecule has 0 fully saturated rings. The molecule has 4 N–H and O–H groups in total. The molecule has 2 aromatic heterocycles. The van der Waals surface area contributed by atoms with Crippen LogP contribution in [-0.2, 0) is 13.6 Å². The van der Waals surface area contributed by atoms with Crippen LogP contribution in [-0.4, -0.2) is 25.7 Å². The first kappa shape index (κ1) is 10.6.